The minimum Gasteiger partial charge on any atom is -0.504 e. The molecule has 0 aromatic heterocycles. The maximum absolute atomic E-state index is 12.5. The van der Waals surface area contributed by atoms with E-state index < -0.39 is 16.1 Å². The highest BCUT2D eigenvalue weighted by Gasteiger charge is 2.47. The first-order valence-corrected chi connectivity index (χ1v) is 19.6. The summed E-state index contributed by atoms with van der Waals surface area (Å²) in [7, 11) is -6.18. The predicted octanol–water partition coefficient (Wildman–Crippen LogP) is 3.85. The summed E-state index contributed by atoms with van der Waals surface area (Å²) in [4.78, 5) is 0. The Morgan fingerprint density at radius 1 is 0.239 bits per heavy atom. The van der Waals surface area contributed by atoms with E-state index in [-0.39, 0.29) is 11.5 Å². The predicted molar refractivity (Wildman–Crippen MR) is 197 cm³/mol. The van der Waals surface area contributed by atoms with Crippen molar-refractivity contribution in [2.45, 2.75) is 0 Å². The third-order valence-electron chi connectivity index (χ3n) is 9.20. The molecule has 46 heavy (non-hydrogen) atoms. The van der Waals surface area contributed by atoms with Crippen LogP contribution in [0.25, 0.3) is 0 Å². The molecule has 0 fully saturated rings. The fourth-order valence-corrected chi connectivity index (χ4v) is 16.9. The lowest BCUT2D eigenvalue weighted by Gasteiger charge is -2.37. The van der Waals surface area contributed by atoms with Crippen molar-refractivity contribution in [2.24, 2.45) is 0 Å². The van der Waals surface area contributed by atoms with Crippen LogP contribution in [-0.2, 0) is 0 Å². The van der Waals surface area contributed by atoms with Crippen molar-refractivity contribution in [3.05, 3.63) is 194 Å². The van der Waals surface area contributed by atoms with Crippen LogP contribution in [0.1, 0.15) is 0 Å². The van der Waals surface area contributed by atoms with E-state index in [0.29, 0.717) is 0 Å². The van der Waals surface area contributed by atoms with Gasteiger partial charge in [-0.15, -0.1) is 0 Å². The van der Waals surface area contributed by atoms with Crippen LogP contribution in [0.15, 0.2) is 194 Å². The molecule has 4 heteroatoms. The third kappa shape index (κ3) is 4.71. The van der Waals surface area contributed by atoms with Crippen molar-refractivity contribution in [1.29, 1.82) is 0 Å². The van der Waals surface area contributed by atoms with Crippen LogP contribution in [0, 0.1) is 0 Å². The summed E-state index contributed by atoms with van der Waals surface area (Å²) in [5.74, 6) is -0.110. The summed E-state index contributed by atoms with van der Waals surface area (Å²) < 4.78 is 0. The van der Waals surface area contributed by atoms with E-state index >= 15 is 0 Å². The van der Waals surface area contributed by atoms with Gasteiger partial charge < -0.3 is 10.2 Å². The molecule has 0 aliphatic heterocycles. The Morgan fingerprint density at radius 3 is 0.587 bits per heavy atom. The molecule has 0 saturated heterocycles. The number of phenols is 2. The Bertz CT molecular complexity index is 1690. The first-order chi connectivity index (χ1) is 22.7. The van der Waals surface area contributed by atoms with Crippen molar-refractivity contribution in [1.82, 2.24) is 0 Å². The molecule has 7 rings (SSSR count). The van der Waals surface area contributed by atoms with Gasteiger partial charge in [0.1, 0.15) is 0 Å². The zero-order valence-corrected chi connectivity index (χ0v) is 27.4. The van der Waals surface area contributed by atoms with Crippen LogP contribution in [0.2, 0.25) is 0 Å². The van der Waals surface area contributed by atoms with E-state index in [4.69, 9.17) is 0 Å². The summed E-state index contributed by atoms with van der Waals surface area (Å²) in [5, 5.41) is 33.3. The molecule has 0 saturated carbocycles. The highest BCUT2D eigenvalue weighted by molar-refractivity contribution is 7.21. The van der Waals surface area contributed by atoms with Gasteiger partial charge in [0.2, 0.25) is 0 Å². The smallest absolute Gasteiger partial charge is 0.184 e. The van der Waals surface area contributed by atoms with Crippen LogP contribution in [0.4, 0.5) is 0 Å². The molecule has 7 aromatic rings. The molecule has 0 aliphatic rings. The summed E-state index contributed by atoms with van der Waals surface area (Å²) >= 11 is 0. The van der Waals surface area contributed by atoms with Crippen LogP contribution in [-0.4, -0.2) is 26.4 Å². The first-order valence-electron chi connectivity index (χ1n) is 15.6. The van der Waals surface area contributed by atoms with Crippen LogP contribution >= 0.6 is 0 Å². The van der Waals surface area contributed by atoms with Gasteiger partial charge in [0.25, 0.3) is 0 Å². The van der Waals surface area contributed by atoms with Crippen molar-refractivity contribution in [3.8, 4) is 11.5 Å². The molecule has 0 heterocycles. The second-order valence-electron chi connectivity index (χ2n) is 11.6. The molecule has 0 atom stereocenters. The quantitative estimate of drug-likeness (QED) is 0.153. The van der Waals surface area contributed by atoms with Gasteiger partial charge >= 0.3 is 0 Å². The minimum atomic E-state index is -3.09. The fourth-order valence-electron chi connectivity index (χ4n) is 7.25. The molecular formula is C42H34O2Si2. The maximum Gasteiger partial charge on any atom is 0.184 e. The maximum atomic E-state index is 12.5. The lowest BCUT2D eigenvalue weighted by molar-refractivity contribution is 0.409. The second kappa shape index (κ2) is 12.5. The van der Waals surface area contributed by atoms with Gasteiger partial charge in [-0.05, 0) is 41.5 Å². The molecule has 7 aromatic carbocycles. The number of hydrogen-bond donors (Lipinski definition) is 2. The molecule has 2 nitrogen and oxygen atoms in total. The van der Waals surface area contributed by atoms with Gasteiger partial charge in [-0.25, -0.2) is 0 Å². The Labute approximate surface area is 272 Å². The zero-order chi connectivity index (χ0) is 31.4. The van der Waals surface area contributed by atoms with Crippen molar-refractivity contribution < 1.29 is 10.2 Å². The monoisotopic (exact) mass is 626 g/mol. The van der Waals surface area contributed by atoms with E-state index in [1.807, 2.05) is 36.4 Å². The van der Waals surface area contributed by atoms with Crippen molar-refractivity contribution in [3.63, 3.8) is 0 Å². The molecule has 222 valence electrons. The molecule has 0 radical (unpaired) electrons. The standard InChI is InChI=1S/C42H34O2Si2/c43-41-39(45(33-19-7-1-8-20-33,34-21-9-2-10-22-34)35-23-11-3-12-24-35)31-32-40(42(41)44)46(36-25-13-4-14-26-36,37-27-15-5-16-28-37)38-29-17-6-18-30-38/h1-32,43-44H. The fraction of sp³-hybridized carbons (Fsp3) is 0. The SMILES string of the molecule is Oc1c([Si](c2ccccc2)(c2ccccc2)c2ccccc2)ccc([Si](c2ccccc2)(c2ccccc2)c2ccccc2)c1O. The third-order valence-corrected chi connectivity index (χ3v) is 18.8. The Kier molecular flexibility index (Phi) is 7.97. The summed E-state index contributed by atoms with van der Waals surface area (Å²) in [6, 6.07) is 67.0. The molecule has 0 spiro atoms. The van der Waals surface area contributed by atoms with Gasteiger partial charge in [0, 0.05) is 0 Å². The summed E-state index contributed by atoms with van der Waals surface area (Å²) in [6.45, 7) is 0. The number of rotatable bonds is 8. The van der Waals surface area contributed by atoms with Crippen molar-refractivity contribution >= 4 is 57.6 Å². The Morgan fingerprint density at radius 2 is 0.413 bits per heavy atom. The van der Waals surface area contributed by atoms with E-state index in [2.05, 4.69) is 158 Å². The molecule has 0 aliphatic carbocycles. The minimum absolute atomic E-state index is 0.0552. The van der Waals surface area contributed by atoms with E-state index in [9.17, 15) is 10.2 Å². The number of benzene rings is 7. The van der Waals surface area contributed by atoms with Crippen LogP contribution in [0.5, 0.6) is 11.5 Å². The highest BCUT2D eigenvalue weighted by atomic mass is 28.3. The van der Waals surface area contributed by atoms with Gasteiger partial charge in [0.05, 0.1) is 0 Å². The number of hydrogen-bond acceptors (Lipinski definition) is 2. The number of aromatic hydroxyl groups is 2. The van der Waals surface area contributed by atoms with E-state index in [1.165, 1.54) is 0 Å². The molecule has 0 amide bonds. The molecule has 2 N–H and O–H groups in total. The first kappa shape index (κ1) is 29.3. The van der Waals surface area contributed by atoms with Gasteiger partial charge in [-0.1, -0.05) is 194 Å². The Hall–Kier alpha value is -5.43. The lowest BCUT2D eigenvalue weighted by Crippen LogP contribution is -2.76. The molecular weight excluding hydrogens is 593 g/mol. The van der Waals surface area contributed by atoms with Crippen LogP contribution < -0.4 is 41.5 Å². The topological polar surface area (TPSA) is 40.5 Å². The average molecular weight is 627 g/mol. The number of phenolic OH excluding ortho intramolecular Hbond substituents is 2. The van der Waals surface area contributed by atoms with Gasteiger partial charge in [-0.2, -0.15) is 0 Å². The van der Waals surface area contributed by atoms with E-state index in [1.54, 1.807) is 0 Å². The van der Waals surface area contributed by atoms with Gasteiger partial charge in [0.15, 0.2) is 27.6 Å². The van der Waals surface area contributed by atoms with Crippen LogP contribution in [0.3, 0.4) is 0 Å². The average Bonchev–Trinajstić information content (AvgIpc) is 3.14. The highest BCUT2D eigenvalue weighted by Crippen LogP contribution is 2.27. The molecule has 0 bridgehead atoms. The van der Waals surface area contributed by atoms with Gasteiger partial charge in [-0.3, -0.25) is 0 Å². The normalized spacial score (nSPS) is 11.7. The van der Waals surface area contributed by atoms with E-state index in [0.717, 1.165) is 41.5 Å². The summed E-state index contributed by atoms with van der Waals surface area (Å²) in [6.07, 6.45) is 0. The zero-order valence-electron chi connectivity index (χ0n) is 25.4. The lowest BCUT2D eigenvalue weighted by atomic mass is 10.3. The Balaban J connectivity index is 1.60. The van der Waals surface area contributed by atoms with Crippen molar-refractivity contribution in [2.75, 3.05) is 0 Å². The second-order valence-corrected chi connectivity index (χ2v) is 19.1. The molecule has 0 unspecified atom stereocenters. The largest absolute Gasteiger partial charge is 0.504 e. The summed E-state index contributed by atoms with van der Waals surface area (Å²) in [5.41, 5.74) is 0.